The van der Waals surface area contributed by atoms with Crippen LogP contribution in [0.3, 0.4) is 0 Å². The molecule has 0 radical (unpaired) electrons. The highest BCUT2D eigenvalue weighted by atomic mass is 79.9. The molecule has 2 aromatic heterocycles. The van der Waals surface area contributed by atoms with E-state index in [0.717, 1.165) is 25.1 Å². The normalized spacial score (nSPS) is 12.9. The lowest BCUT2D eigenvalue weighted by Gasteiger charge is -2.02. The summed E-state index contributed by atoms with van der Waals surface area (Å²) in [6, 6.07) is 2.02. The summed E-state index contributed by atoms with van der Waals surface area (Å²) in [6.07, 6.45) is 5.74. The second kappa shape index (κ2) is 5.44. The van der Waals surface area contributed by atoms with E-state index in [2.05, 4.69) is 38.3 Å². The lowest BCUT2D eigenvalue weighted by molar-refractivity contribution is 0.567. The van der Waals surface area contributed by atoms with E-state index in [-0.39, 0.29) is 0 Å². The Morgan fingerprint density at radius 1 is 1.47 bits per heavy atom. The molecule has 0 N–H and O–H groups in total. The van der Waals surface area contributed by atoms with Crippen molar-refractivity contribution in [2.24, 2.45) is 7.05 Å². The largest absolute Gasteiger partial charge is 0.273 e. The minimum atomic E-state index is 0.299. The van der Waals surface area contributed by atoms with Gasteiger partial charge in [0.15, 0.2) is 0 Å². The van der Waals surface area contributed by atoms with Crippen molar-refractivity contribution in [1.82, 2.24) is 24.8 Å². The van der Waals surface area contributed by atoms with Gasteiger partial charge in [-0.05, 0) is 12.5 Å². The summed E-state index contributed by atoms with van der Waals surface area (Å²) < 4.78 is 3.77. The first kappa shape index (κ1) is 12.3. The van der Waals surface area contributed by atoms with Gasteiger partial charge in [0.1, 0.15) is 0 Å². The molecule has 1 atom stereocenters. The maximum Gasteiger partial charge on any atom is 0.0963 e. The second-order valence-corrected chi connectivity index (χ2v) is 5.08. The third-order valence-corrected chi connectivity index (χ3v) is 3.87. The van der Waals surface area contributed by atoms with Crippen LogP contribution >= 0.6 is 15.9 Å². The number of rotatable bonds is 5. The molecule has 5 nitrogen and oxygen atoms in total. The van der Waals surface area contributed by atoms with Gasteiger partial charge in [0.25, 0.3) is 0 Å². The van der Waals surface area contributed by atoms with E-state index in [1.54, 1.807) is 0 Å². The number of hydrogen-bond donors (Lipinski definition) is 0. The molecule has 92 valence electrons. The zero-order valence-electron chi connectivity index (χ0n) is 10.0. The van der Waals surface area contributed by atoms with Gasteiger partial charge in [0.2, 0.25) is 0 Å². The molecule has 6 heteroatoms. The monoisotopic (exact) mass is 297 g/mol. The first-order valence-corrected chi connectivity index (χ1v) is 6.63. The molecular weight excluding hydrogens is 282 g/mol. The van der Waals surface area contributed by atoms with Crippen molar-refractivity contribution < 1.29 is 0 Å². The van der Waals surface area contributed by atoms with Crippen LogP contribution in [0.2, 0.25) is 0 Å². The molecule has 0 fully saturated rings. The molecule has 0 aliphatic rings. The van der Waals surface area contributed by atoms with E-state index >= 15 is 0 Å². The Morgan fingerprint density at radius 2 is 2.29 bits per heavy atom. The van der Waals surface area contributed by atoms with Crippen LogP contribution in [0.15, 0.2) is 18.5 Å². The first-order valence-electron chi connectivity index (χ1n) is 5.71. The van der Waals surface area contributed by atoms with Crippen LogP contribution in [0.5, 0.6) is 0 Å². The molecule has 1 unspecified atom stereocenters. The quantitative estimate of drug-likeness (QED) is 0.794. The highest BCUT2D eigenvalue weighted by Gasteiger charge is 2.09. The highest BCUT2D eigenvalue weighted by molar-refractivity contribution is 9.09. The predicted molar refractivity (Wildman–Crippen MR) is 68.9 cm³/mol. The molecule has 17 heavy (non-hydrogen) atoms. The van der Waals surface area contributed by atoms with E-state index in [4.69, 9.17) is 0 Å². The Hall–Kier alpha value is -1.17. The van der Waals surface area contributed by atoms with Crippen LogP contribution < -0.4 is 0 Å². The maximum atomic E-state index is 4.15. The van der Waals surface area contributed by atoms with Crippen molar-refractivity contribution in [3.05, 3.63) is 29.8 Å². The summed E-state index contributed by atoms with van der Waals surface area (Å²) in [5.41, 5.74) is 2.20. The molecule has 0 aliphatic heterocycles. The maximum absolute atomic E-state index is 4.15. The number of aryl methyl sites for hydroxylation is 3. The van der Waals surface area contributed by atoms with Gasteiger partial charge in [-0.25, -0.2) is 0 Å². The fourth-order valence-corrected chi connectivity index (χ4v) is 1.86. The van der Waals surface area contributed by atoms with E-state index in [0.29, 0.717) is 4.83 Å². The van der Waals surface area contributed by atoms with Crippen molar-refractivity contribution in [2.75, 3.05) is 0 Å². The van der Waals surface area contributed by atoms with Crippen LogP contribution in [0.25, 0.3) is 0 Å². The lowest BCUT2D eigenvalue weighted by Crippen LogP contribution is -2.06. The number of nitrogens with zero attached hydrogens (tertiary/aromatic N) is 5. The molecule has 0 amide bonds. The molecule has 0 saturated carbocycles. The zero-order valence-corrected chi connectivity index (χ0v) is 11.6. The van der Waals surface area contributed by atoms with Gasteiger partial charge in [-0.1, -0.05) is 28.1 Å². The molecule has 2 heterocycles. The Bertz CT molecular complexity index is 476. The molecule has 2 aromatic rings. The average Bonchev–Trinajstić information content (AvgIpc) is 2.94. The van der Waals surface area contributed by atoms with Crippen molar-refractivity contribution in [1.29, 1.82) is 0 Å². The van der Waals surface area contributed by atoms with Crippen molar-refractivity contribution in [2.45, 2.75) is 31.1 Å². The van der Waals surface area contributed by atoms with Gasteiger partial charge in [0.05, 0.1) is 10.5 Å². The summed E-state index contributed by atoms with van der Waals surface area (Å²) in [7, 11) is 1.95. The Balaban J connectivity index is 1.96. The van der Waals surface area contributed by atoms with Gasteiger partial charge in [-0.3, -0.25) is 9.36 Å². The van der Waals surface area contributed by atoms with Crippen molar-refractivity contribution in [3.63, 3.8) is 0 Å². The minimum Gasteiger partial charge on any atom is -0.273 e. The molecule has 0 spiro atoms. The third-order valence-electron chi connectivity index (χ3n) is 2.76. The Kier molecular flexibility index (Phi) is 3.93. The summed E-state index contributed by atoms with van der Waals surface area (Å²) in [4.78, 5) is 0.299. The van der Waals surface area contributed by atoms with Crippen molar-refractivity contribution >= 4 is 15.9 Å². The van der Waals surface area contributed by atoms with E-state index in [9.17, 15) is 0 Å². The van der Waals surface area contributed by atoms with Crippen LogP contribution in [0.4, 0.5) is 0 Å². The van der Waals surface area contributed by atoms with Crippen molar-refractivity contribution in [3.8, 4) is 0 Å². The molecule has 0 bridgehead atoms. The van der Waals surface area contributed by atoms with Gasteiger partial charge in [-0.15, -0.1) is 5.10 Å². The fourth-order valence-electron chi connectivity index (χ4n) is 1.65. The standard InChI is InChI=1S/C11H16BrN5/c1-3-10(12)11-8-17(15-14-11)7-5-9-4-6-13-16(9)2/h4,6,8,10H,3,5,7H2,1-2H3. The SMILES string of the molecule is CCC(Br)c1cn(CCc2ccnn2C)nn1. The van der Waals surface area contributed by atoms with Crippen LogP contribution in [-0.4, -0.2) is 24.8 Å². The number of aromatic nitrogens is 5. The molecule has 0 aliphatic carbocycles. The Morgan fingerprint density at radius 3 is 2.94 bits per heavy atom. The lowest BCUT2D eigenvalue weighted by atomic mass is 10.3. The van der Waals surface area contributed by atoms with E-state index in [1.807, 2.05) is 34.9 Å². The van der Waals surface area contributed by atoms with E-state index in [1.165, 1.54) is 5.69 Å². The summed E-state index contributed by atoms with van der Waals surface area (Å²) in [6.45, 7) is 2.95. The fraction of sp³-hybridized carbons (Fsp3) is 0.545. The first-order chi connectivity index (χ1) is 8.20. The van der Waals surface area contributed by atoms with Crippen LogP contribution in [0, 0.1) is 0 Å². The predicted octanol–water partition coefficient (Wildman–Crippen LogP) is 2.10. The number of halogens is 1. The molecular formula is C11H16BrN5. The summed E-state index contributed by atoms with van der Waals surface area (Å²) in [5, 5.41) is 12.4. The molecule has 0 aromatic carbocycles. The molecule has 2 rings (SSSR count). The van der Waals surface area contributed by atoms with Crippen LogP contribution in [-0.2, 0) is 20.0 Å². The number of alkyl halides is 1. The van der Waals surface area contributed by atoms with Gasteiger partial charge in [0, 0.05) is 38.1 Å². The zero-order chi connectivity index (χ0) is 12.3. The average molecular weight is 298 g/mol. The van der Waals surface area contributed by atoms with Gasteiger partial charge in [-0.2, -0.15) is 5.10 Å². The third kappa shape index (κ3) is 2.94. The minimum absolute atomic E-state index is 0.299. The Labute approximate surface area is 109 Å². The van der Waals surface area contributed by atoms with Gasteiger partial charge < -0.3 is 0 Å². The summed E-state index contributed by atoms with van der Waals surface area (Å²) in [5.74, 6) is 0. The number of hydrogen-bond acceptors (Lipinski definition) is 3. The van der Waals surface area contributed by atoms with Crippen LogP contribution in [0.1, 0.15) is 29.6 Å². The molecule has 0 saturated heterocycles. The topological polar surface area (TPSA) is 48.5 Å². The van der Waals surface area contributed by atoms with Gasteiger partial charge >= 0.3 is 0 Å². The second-order valence-electron chi connectivity index (χ2n) is 3.98. The highest BCUT2D eigenvalue weighted by Crippen LogP contribution is 2.23. The van der Waals surface area contributed by atoms with E-state index < -0.39 is 0 Å². The summed E-state index contributed by atoms with van der Waals surface area (Å²) >= 11 is 3.57. The smallest absolute Gasteiger partial charge is 0.0963 e.